The smallest absolute Gasteiger partial charge is 0.123 e. The van der Waals surface area contributed by atoms with Crippen molar-refractivity contribution in [2.45, 2.75) is 27.3 Å². The highest BCUT2D eigenvalue weighted by Crippen LogP contribution is 2.22. The molecule has 0 heterocycles. The van der Waals surface area contributed by atoms with E-state index in [-0.39, 0.29) is 5.82 Å². The zero-order valence-electron chi connectivity index (χ0n) is 12.2. The highest BCUT2D eigenvalue weighted by atomic mass is 19.1. The van der Waals surface area contributed by atoms with Crippen molar-refractivity contribution in [2.75, 3.05) is 11.9 Å². The van der Waals surface area contributed by atoms with Crippen molar-refractivity contribution in [1.82, 2.24) is 0 Å². The zero-order chi connectivity index (χ0) is 14.5. The van der Waals surface area contributed by atoms with Crippen LogP contribution in [0.2, 0.25) is 0 Å². The first-order valence-electron chi connectivity index (χ1n) is 6.82. The van der Waals surface area contributed by atoms with Crippen molar-refractivity contribution in [1.29, 1.82) is 0 Å². The number of benzene rings is 2. The summed E-state index contributed by atoms with van der Waals surface area (Å²) in [6.45, 7) is 7.26. The molecule has 2 aromatic carbocycles. The third-order valence-corrected chi connectivity index (χ3v) is 3.29. The van der Waals surface area contributed by atoms with E-state index in [1.807, 2.05) is 39.0 Å². The van der Waals surface area contributed by atoms with Crippen molar-refractivity contribution < 1.29 is 9.13 Å². The molecule has 2 nitrogen and oxygen atoms in total. The second kappa shape index (κ2) is 6.42. The molecular formula is C17H20FNO. The molecule has 0 bridgehead atoms. The first kappa shape index (κ1) is 14.4. The van der Waals surface area contributed by atoms with Gasteiger partial charge < -0.3 is 10.1 Å². The molecule has 0 fully saturated rings. The number of aryl methyl sites for hydroxylation is 2. The Morgan fingerprint density at radius 1 is 1.05 bits per heavy atom. The molecule has 0 amide bonds. The average Bonchev–Trinajstić information content (AvgIpc) is 2.42. The molecule has 0 aromatic heterocycles. The Morgan fingerprint density at radius 3 is 2.55 bits per heavy atom. The molecule has 0 aliphatic rings. The van der Waals surface area contributed by atoms with Crippen LogP contribution in [0.15, 0.2) is 36.4 Å². The number of nitrogens with one attached hydrogen (secondary N) is 1. The van der Waals surface area contributed by atoms with E-state index >= 15 is 0 Å². The molecule has 0 radical (unpaired) electrons. The summed E-state index contributed by atoms with van der Waals surface area (Å²) in [6, 6.07) is 10.8. The highest BCUT2D eigenvalue weighted by molar-refractivity contribution is 5.54. The maximum Gasteiger partial charge on any atom is 0.123 e. The molecule has 1 N–H and O–H groups in total. The lowest BCUT2D eigenvalue weighted by Crippen LogP contribution is -2.03. The minimum Gasteiger partial charge on any atom is -0.494 e. The second-order valence-corrected chi connectivity index (χ2v) is 4.83. The van der Waals surface area contributed by atoms with Gasteiger partial charge in [0.25, 0.3) is 0 Å². The summed E-state index contributed by atoms with van der Waals surface area (Å²) in [7, 11) is 0. The third kappa shape index (κ3) is 3.50. The van der Waals surface area contributed by atoms with Gasteiger partial charge in [0.2, 0.25) is 0 Å². The van der Waals surface area contributed by atoms with E-state index < -0.39 is 0 Å². The van der Waals surface area contributed by atoms with Gasteiger partial charge in [-0.05, 0) is 67.8 Å². The molecule has 106 valence electrons. The molecule has 2 rings (SSSR count). The van der Waals surface area contributed by atoms with Crippen LogP contribution in [0.5, 0.6) is 5.75 Å². The lowest BCUT2D eigenvalue weighted by atomic mass is 10.1. The summed E-state index contributed by atoms with van der Waals surface area (Å²) in [6.07, 6.45) is 0. The summed E-state index contributed by atoms with van der Waals surface area (Å²) >= 11 is 0. The van der Waals surface area contributed by atoms with E-state index in [1.165, 1.54) is 6.07 Å². The first-order chi connectivity index (χ1) is 9.60. The van der Waals surface area contributed by atoms with E-state index in [1.54, 1.807) is 12.1 Å². The highest BCUT2D eigenvalue weighted by Gasteiger charge is 2.03. The number of anilines is 1. The van der Waals surface area contributed by atoms with E-state index in [0.29, 0.717) is 13.2 Å². The maximum absolute atomic E-state index is 13.2. The fraction of sp³-hybridized carbons (Fsp3) is 0.294. The van der Waals surface area contributed by atoms with Crippen molar-refractivity contribution >= 4 is 5.69 Å². The van der Waals surface area contributed by atoms with Crippen LogP contribution >= 0.6 is 0 Å². The summed E-state index contributed by atoms with van der Waals surface area (Å²) < 4.78 is 18.7. The molecule has 20 heavy (non-hydrogen) atoms. The molecular weight excluding hydrogens is 253 g/mol. The largest absolute Gasteiger partial charge is 0.494 e. The van der Waals surface area contributed by atoms with Crippen LogP contribution in [-0.2, 0) is 6.54 Å². The van der Waals surface area contributed by atoms with Gasteiger partial charge in [0.1, 0.15) is 11.6 Å². The Balaban J connectivity index is 2.09. The van der Waals surface area contributed by atoms with E-state index in [9.17, 15) is 4.39 Å². The summed E-state index contributed by atoms with van der Waals surface area (Å²) in [5, 5.41) is 3.34. The van der Waals surface area contributed by atoms with Crippen LogP contribution in [0.1, 0.15) is 23.6 Å². The van der Waals surface area contributed by atoms with E-state index in [2.05, 4.69) is 5.32 Å². The molecule has 0 atom stereocenters. The van der Waals surface area contributed by atoms with Crippen LogP contribution in [0.25, 0.3) is 0 Å². The predicted molar refractivity (Wildman–Crippen MR) is 80.8 cm³/mol. The maximum atomic E-state index is 13.2. The van der Waals surface area contributed by atoms with E-state index in [0.717, 1.165) is 28.1 Å². The lowest BCUT2D eigenvalue weighted by molar-refractivity contribution is 0.340. The minimum absolute atomic E-state index is 0.198. The molecule has 0 spiro atoms. The van der Waals surface area contributed by atoms with Crippen LogP contribution < -0.4 is 10.1 Å². The van der Waals surface area contributed by atoms with Crippen LogP contribution in [-0.4, -0.2) is 6.61 Å². The van der Waals surface area contributed by atoms with Gasteiger partial charge in [-0.15, -0.1) is 0 Å². The third-order valence-electron chi connectivity index (χ3n) is 3.29. The molecule has 3 heteroatoms. The van der Waals surface area contributed by atoms with E-state index in [4.69, 9.17) is 4.74 Å². The Labute approximate surface area is 119 Å². The molecule has 2 aromatic rings. The molecule has 0 aliphatic carbocycles. The Hall–Kier alpha value is -2.03. The van der Waals surface area contributed by atoms with Gasteiger partial charge in [-0.25, -0.2) is 4.39 Å². The monoisotopic (exact) mass is 273 g/mol. The standard InChI is InChI=1S/C17H20FNO/c1-4-20-16-7-8-17(13(3)9-16)19-11-14-10-15(18)6-5-12(14)2/h5-10,19H,4,11H2,1-3H3. The molecule has 0 saturated carbocycles. The van der Waals surface area contributed by atoms with Crippen LogP contribution in [0, 0.1) is 19.7 Å². The van der Waals surface area contributed by atoms with Gasteiger partial charge in [0, 0.05) is 12.2 Å². The van der Waals surface area contributed by atoms with Crippen molar-refractivity contribution in [2.24, 2.45) is 0 Å². The number of rotatable bonds is 5. The molecule has 0 unspecified atom stereocenters. The predicted octanol–water partition coefficient (Wildman–Crippen LogP) is 4.45. The number of halogens is 1. The van der Waals surface area contributed by atoms with Gasteiger partial charge in [0.15, 0.2) is 0 Å². The van der Waals surface area contributed by atoms with Crippen LogP contribution in [0.4, 0.5) is 10.1 Å². The first-order valence-corrected chi connectivity index (χ1v) is 6.82. The van der Waals surface area contributed by atoms with Gasteiger partial charge in [-0.3, -0.25) is 0 Å². The number of hydrogen-bond acceptors (Lipinski definition) is 2. The summed E-state index contributed by atoms with van der Waals surface area (Å²) in [5.41, 5.74) is 4.21. The Kier molecular flexibility index (Phi) is 4.61. The normalized spacial score (nSPS) is 10.4. The number of ether oxygens (including phenoxy) is 1. The SMILES string of the molecule is CCOc1ccc(NCc2cc(F)ccc2C)c(C)c1. The summed E-state index contributed by atoms with van der Waals surface area (Å²) in [4.78, 5) is 0. The van der Waals surface area contributed by atoms with Gasteiger partial charge >= 0.3 is 0 Å². The van der Waals surface area contributed by atoms with Crippen molar-refractivity contribution in [3.63, 3.8) is 0 Å². The van der Waals surface area contributed by atoms with Gasteiger partial charge in [-0.1, -0.05) is 6.07 Å². The second-order valence-electron chi connectivity index (χ2n) is 4.83. The lowest BCUT2D eigenvalue weighted by Gasteiger charge is -2.13. The van der Waals surface area contributed by atoms with Crippen molar-refractivity contribution in [3.8, 4) is 5.75 Å². The zero-order valence-corrected chi connectivity index (χ0v) is 12.2. The van der Waals surface area contributed by atoms with Gasteiger partial charge in [0.05, 0.1) is 6.61 Å². The fourth-order valence-electron chi connectivity index (χ4n) is 2.11. The molecule has 0 aliphatic heterocycles. The molecule has 0 saturated heterocycles. The van der Waals surface area contributed by atoms with Crippen LogP contribution in [0.3, 0.4) is 0 Å². The quantitative estimate of drug-likeness (QED) is 0.868. The Morgan fingerprint density at radius 2 is 1.85 bits per heavy atom. The minimum atomic E-state index is -0.198. The van der Waals surface area contributed by atoms with Gasteiger partial charge in [-0.2, -0.15) is 0 Å². The number of hydrogen-bond donors (Lipinski definition) is 1. The topological polar surface area (TPSA) is 21.3 Å². The fourth-order valence-corrected chi connectivity index (χ4v) is 2.11. The summed E-state index contributed by atoms with van der Waals surface area (Å²) in [5.74, 6) is 0.674. The van der Waals surface area contributed by atoms with Crippen molar-refractivity contribution in [3.05, 3.63) is 58.9 Å². The Bertz CT molecular complexity index is 596. The average molecular weight is 273 g/mol.